The van der Waals surface area contributed by atoms with Gasteiger partial charge >= 0.3 is 8.32 Å². The second kappa shape index (κ2) is 13.1. The predicted molar refractivity (Wildman–Crippen MR) is 178 cm³/mol. The highest BCUT2D eigenvalue weighted by Gasteiger charge is 2.53. The highest BCUT2D eigenvalue weighted by atomic mass is 32.2. The Morgan fingerprint density at radius 1 is 0.929 bits per heavy atom. The lowest BCUT2D eigenvalue weighted by atomic mass is 9.92. The zero-order valence-corrected chi connectivity index (χ0v) is 28.0. The molecule has 6 heteroatoms. The van der Waals surface area contributed by atoms with Crippen LogP contribution < -0.4 is 10.4 Å². The molecule has 3 aromatic rings. The van der Waals surface area contributed by atoms with Crippen molar-refractivity contribution in [1.29, 1.82) is 0 Å². The summed E-state index contributed by atoms with van der Waals surface area (Å²) in [6.45, 7) is 18.2. The molecule has 0 fully saturated rings. The van der Waals surface area contributed by atoms with Gasteiger partial charge in [-0.1, -0.05) is 125 Å². The van der Waals surface area contributed by atoms with Gasteiger partial charge in [0.05, 0.1) is 10.7 Å². The van der Waals surface area contributed by atoms with E-state index in [-0.39, 0.29) is 11.0 Å². The van der Waals surface area contributed by atoms with Crippen molar-refractivity contribution in [2.24, 2.45) is 5.92 Å². The fourth-order valence-electron chi connectivity index (χ4n) is 6.01. The van der Waals surface area contributed by atoms with Crippen molar-refractivity contribution >= 4 is 28.7 Å². The van der Waals surface area contributed by atoms with Crippen LogP contribution in [0.3, 0.4) is 0 Å². The zero-order valence-electron chi connectivity index (χ0n) is 26.2. The van der Waals surface area contributed by atoms with Gasteiger partial charge < -0.3 is 4.43 Å². The summed E-state index contributed by atoms with van der Waals surface area (Å²) in [6.07, 6.45) is 3.62. The number of hydrogen-bond acceptors (Lipinski definition) is 3. The Labute approximate surface area is 255 Å². The van der Waals surface area contributed by atoms with Crippen LogP contribution in [0.15, 0.2) is 113 Å². The Morgan fingerprint density at radius 3 is 1.98 bits per heavy atom. The Hall–Kier alpha value is -2.93. The summed E-state index contributed by atoms with van der Waals surface area (Å²) in [7, 11) is -6.59. The van der Waals surface area contributed by atoms with Crippen LogP contribution in [-0.4, -0.2) is 34.1 Å². The molecule has 0 radical (unpaired) electrons. The number of allylic oxidation sites excluding steroid dienone is 1. The van der Waals surface area contributed by atoms with E-state index in [1.807, 2.05) is 38.1 Å². The average Bonchev–Trinajstić information content (AvgIpc) is 3.14. The molecule has 1 aliphatic heterocycles. The molecule has 0 saturated carbocycles. The maximum absolute atomic E-state index is 14.0. The molecule has 0 spiro atoms. The van der Waals surface area contributed by atoms with Crippen LogP contribution in [0.1, 0.15) is 65.9 Å². The fourth-order valence-corrected chi connectivity index (χ4v) is 12.1. The third-order valence-electron chi connectivity index (χ3n) is 8.53. The van der Waals surface area contributed by atoms with E-state index in [9.17, 15) is 8.42 Å². The summed E-state index contributed by atoms with van der Waals surface area (Å²) in [5, 5.41) is 2.22. The Balaban J connectivity index is 1.86. The number of unbranched alkanes of at least 4 members (excludes halogenated alkanes) is 1. The van der Waals surface area contributed by atoms with Crippen LogP contribution in [0.4, 0.5) is 0 Å². The van der Waals surface area contributed by atoms with E-state index in [4.69, 9.17) is 4.43 Å². The minimum Gasteiger partial charge on any atom is -0.537 e. The number of sulfonamides is 1. The third-order valence-corrected chi connectivity index (χ3v) is 15.3. The molecule has 1 atom stereocenters. The SMILES string of the molecule is C=C(CCCC)[C@@H]1CC(O[Si](c2ccccc2)(c2ccccc2)C(C)(C)C)=C(C)CN(S(=O)(=O)c2ccc(C)cc2)C1. The molecular formula is C36H47NO3SSi. The number of aryl methyl sites for hydroxylation is 1. The first-order valence-electron chi connectivity index (χ1n) is 15.1. The third kappa shape index (κ3) is 6.66. The molecule has 0 bridgehead atoms. The van der Waals surface area contributed by atoms with Gasteiger partial charge in [0.1, 0.15) is 0 Å². The molecule has 1 heterocycles. The van der Waals surface area contributed by atoms with Crippen molar-refractivity contribution < 1.29 is 12.8 Å². The zero-order chi connectivity index (χ0) is 30.5. The lowest BCUT2D eigenvalue weighted by molar-refractivity contribution is 0.345. The summed E-state index contributed by atoms with van der Waals surface area (Å²) in [6, 6.07) is 28.4. The van der Waals surface area contributed by atoms with Gasteiger partial charge in [-0.3, -0.25) is 0 Å². The van der Waals surface area contributed by atoms with E-state index < -0.39 is 18.3 Å². The standard InChI is InChI=1S/C36H47NO3SSi/c1-8-9-16-29(3)31-25-35(30(4)26-37(27-31)41(38,39)32-23-21-28(2)22-24-32)40-42(36(5,6)7,33-17-12-10-13-18-33)34-19-14-11-15-20-34/h10-15,17-24,31H,3,8-9,16,25-27H2,1-2,4-7H3/t31-/m1/s1. The van der Waals surface area contributed by atoms with Crippen LogP contribution in [0, 0.1) is 12.8 Å². The molecule has 3 aromatic carbocycles. The number of benzene rings is 3. The van der Waals surface area contributed by atoms with E-state index in [2.05, 4.69) is 82.8 Å². The second-order valence-corrected chi connectivity index (χ2v) is 18.9. The minimum atomic E-state index is -3.71. The average molecular weight is 602 g/mol. The highest BCUT2D eigenvalue weighted by molar-refractivity contribution is 7.89. The highest BCUT2D eigenvalue weighted by Crippen LogP contribution is 2.41. The maximum Gasteiger partial charge on any atom is 0.319 e. The van der Waals surface area contributed by atoms with Crippen LogP contribution >= 0.6 is 0 Å². The van der Waals surface area contributed by atoms with E-state index >= 15 is 0 Å². The summed E-state index contributed by atoms with van der Waals surface area (Å²) in [5.41, 5.74) is 3.09. The van der Waals surface area contributed by atoms with Crippen LogP contribution in [0.5, 0.6) is 0 Å². The summed E-state index contributed by atoms with van der Waals surface area (Å²) in [5.74, 6) is 0.871. The van der Waals surface area contributed by atoms with Crippen LogP contribution in [0.2, 0.25) is 5.04 Å². The topological polar surface area (TPSA) is 46.6 Å². The molecular weight excluding hydrogens is 555 g/mol. The molecule has 0 N–H and O–H groups in total. The predicted octanol–water partition coefficient (Wildman–Crippen LogP) is 7.60. The normalized spacial score (nSPS) is 17.1. The van der Waals surface area contributed by atoms with Gasteiger partial charge in [0.15, 0.2) is 0 Å². The first-order valence-corrected chi connectivity index (χ1v) is 18.5. The smallest absolute Gasteiger partial charge is 0.319 e. The van der Waals surface area contributed by atoms with Crippen molar-refractivity contribution in [3.63, 3.8) is 0 Å². The molecule has 4 rings (SSSR count). The Bertz CT molecular complexity index is 1450. The van der Waals surface area contributed by atoms with Gasteiger partial charge in [0.2, 0.25) is 10.0 Å². The van der Waals surface area contributed by atoms with Crippen LogP contribution in [-0.2, 0) is 14.4 Å². The number of rotatable bonds is 10. The molecule has 0 saturated heterocycles. The molecule has 0 amide bonds. The quantitative estimate of drug-likeness (QED) is 0.178. The monoisotopic (exact) mass is 601 g/mol. The lowest BCUT2D eigenvalue weighted by Crippen LogP contribution is -2.66. The van der Waals surface area contributed by atoms with Crippen LogP contribution in [0.25, 0.3) is 0 Å². The summed E-state index contributed by atoms with van der Waals surface area (Å²) in [4.78, 5) is 0.329. The largest absolute Gasteiger partial charge is 0.537 e. The molecule has 0 aromatic heterocycles. The Morgan fingerprint density at radius 2 is 1.48 bits per heavy atom. The molecule has 0 aliphatic carbocycles. The van der Waals surface area contributed by atoms with E-state index in [1.165, 1.54) is 10.4 Å². The van der Waals surface area contributed by atoms with Crippen molar-refractivity contribution in [3.05, 3.63) is 114 Å². The molecule has 4 nitrogen and oxygen atoms in total. The van der Waals surface area contributed by atoms with Gasteiger partial charge in [0, 0.05) is 25.4 Å². The van der Waals surface area contributed by atoms with E-state index in [0.29, 0.717) is 24.4 Å². The summed E-state index contributed by atoms with van der Waals surface area (Å²) < 4.78 is 37.2. The number of nitrogens with zero attached hydrogens (tertiary/aromatic N) is 1. The van der Waals surface area contributed by atoms with Crippen molar-refractivity contribution in [2.45, 2.75) is 77.2 Å². The first-order chi connectivity index (χ1) is 19.9. The first kappa shape index (κ1) is 32.0. The van der Waals surface area contributed by atoms with E-state index in [1.54, 1.807) is 16.4 Å². The Kier molecular flexibility index (Phi) is 10.0. The van der Waals surface area contributed by atoms with Gasteiger partial charge in [-0.25, -0.2) is 8.42 Å². The molecule has 0 unspecified atom stereocenters. The van der Waals surface area contributed by atoms with Crippen molar-refractivity contribution in [3.8, 4) is 0 Å². The second-order valence-electron chi connectivity index (χ2n) is 12.7. The number of hydrogen-bond donors (Lipinski definition) is 0. The maximum atomic E-state index is 14.0. The minimum absolute atomic E-state index is 0.0394. The van der Waals surface area contributed by atoms with Crippen molar-refractivity contribution in [1.82, 2.24) is 4.31 Å². The van der Waals surface area contributed by atoms with E-state index in [0.717, 1.165) is 41.7 Å². The van der Waals surface area contributed by atoms with Gasteiger partial charge in [0.25, 0.3) is 0 Å². The molecule has 1 aliphatic rings. The fraction of sp³-hybridized carbons (Fsp3) is 0.389. The molecule has 224 valence electrons. The summed E-state index contributed by atoms with van der Waals surface area (Å²) >= 11 is 0. The van der Waals surface area contributed by atoms with Gasteiger partial charge in [-0.15, -0.1) is 0 Å². The van der Waals surface area contributed by atoms with Gasteiger partial charge in [-0.05, 0) is 59.8 Å². The molecule has 42 heavy (non-hydrogen) atoms. The van der Waals surface area contributed by atoms with Crippen molar-refractivity contribution in [2.75, 3.05) is 13.1 Å². The van der Waals surface area contributed by atoms with Gasteiger partial charge in [-0.2, -0.15) is 4.31 Å². The lowest BCUT2D eigenvalue weighted by Gasteiger charge is -2.44.